The smallest absolute Gasteiger partial charge is 0.406 e. The average Bonchev–Trinajstić information content (AvgIpc) is 2.65. The van der Waals surface area contributed by atoms with Gasteiger partial charge in [0.15, 0.2) is 0 Å². The Morgan fingerprint density at radius 1 is 1.00 bits per heavy atom. The average molecular weight is 395 g/mol. The number of ether oxygens (including phenoxy) is 1. The molecular weight excluding hydrogens is 375 g/mol. The van der Waals surface area contributed by atoms with Crippen LogP contribution in [0.3, 0.4) is 0 Å². The number of hydrogen-bond donors (Lipinski definition) is 2. The molecule has 2 amide bonds. The molecule has 0 aliphatic heterocycles. The van der Waals surface area contributed by atoms with Crippen LogP contribution in [0.15, 0.2) is 48.8 Å². The normalized spacial score (nSPS) is 11.0. The summed E-state index contributed by atoms with van der Waals surface area (Å²) < 4.78 is 41.1. The van der Waals surface area contributed by atoms with E-state index in [4.69, 9.17) is 0 Å². The molecule has 0 saturated heterocycles. The number of rotatable bonds is 9. The first-order valence-corrected chi connectivity index (χ1v) is 8.59. The highest BCUT2D eigenvalue weighted by Crippen LogP contribution is 2.26. The van der Waals surface area contributed by atoms with Crippen molar-refractivity contribution >= 4 is 11.8 Å². The number of benzene rings is 1. The quantitative estimate of drug-likeness (QED) is 0.684. The number of nitrogens with one attached hydrogen (secondary N) is 2. The van der Waals surface area contributed by atoms with E-state index < -0.39 is 6.36 Å². The molecule has 0 aliphatic carbocycles. The second-order valence-electron chi connectivity index (χ2n) is 5.89. The number of pyridine rings is 1. The Labute approximate surface area is 160 Å². The second kappa shape index (κ2) is 10.3. The largest absolute Gasteiger partial charge is 0.573 e. The molecule has 0 bridgehead atoms. The Kier molecular flexibility index (Phi) is 7.79. The van der Waals surface area contributed by atoms with Gasteiger partial charge in [-0.05, 0) is 29.7 Å². The summed E-state index contributed by atoms with van der Waals surface area (Å²) >= 11 is 0. The summed E-state index contributed by atoms with van der Waals surface area (Å²) in [6.07, 6.45) is -1.35. The van der Waals surface area contributed by atoms with Crippen molar-refractivity contribution in [3.8, 4) is 5.75 Å². The number of amides is 2. The van der Waals surface area contributed by atoms with Crippen LogP contribution in [0, 0.1) is 0 Å². The van der Waals surface area contributed by atoms with E-state index in [-0.39, 0.29) is 48.9 Å². The van der Waals surface area contributed by atoms with Gasteiger partial charge in [0, 0.05) is 38.3 Å². The Hall–Kier alpha value is -3.10. The number of alkyl halides is 3. The lowest BCUT2D eigenvalue weighted by atomic mass is 10.1. The van der Waals surface area contributed by atoms with E-state index in [0.717, 1.165) is 5.56 Å². The SMILES string of the molecule is O=C(CCc1ccccc1OC(F)(F)F)NCCC(=O)NCc1cccnc1. The van der Waals surface area contributed by atoms with E-state index in [1.54, 1.807) is 24.5 Å². The van der Waals surface area contributed by atoms with Gasteiger partial charge in [0.1, 0.15) is 5.75 Å². The maximum absolute atomic E-state index is 12.4. The van der Waals surface area contributed by atoms with E-state index in [1.807, 2.05) is 6.07 Å². The molecule has 0 radical (unpaired) electrons. The van der Waals surface area contributed by atoms with Gasteiger partial charge >= 0.3 is 6.36 Å². The third kappa shape index (κ3) is 8.07. The van der Waals surface area contributed by atoms with Crippen LogP contribution in [0.5, 0.6) is 5.75 Å². The van der Waals surface area contributed by atoms with Crippen LogP contribution in [-0.4, -0.2) is 29.7 Å². The highest BCUT2D eigenvalue weighted by molar-refractivity contribution is 5.79. The molecule has 6 nitrogen and oxygen atoms in total. The van der Waals surface area contributed by atoms with Gasteiger partial charge in [-0.1, -0.05) is 24.3 Å². The number of carbonyl (C=O) groups excluding carboxylic acids is 2. The molecule has 9 heteroatoms. The molecular formula is C19H20F3N3O3. The molecule has 1 heterocycles. The highest BCUT2D eigenvalue weighted by atomic mass is 19.4. The van der Waals surface area contributed by atoms with E-state index in [1.165, 1.54) is 18.2 Å². The van der Waals surface area contributed by atoms with Crippen molar-refractivity contribution in [2.45, 2.75) is 32.2 Å². The van der Waals surface area contributed by atoms with Crippen LogP contribution >= 0.6 is 0 Å². The van der Waals surface area contributed by atoms with Crippen molar-refractivity contribution in [3.63, 3.8) is 0 Å². The molecule has 150 valence electrons. The molecule has 28 heavy (non-hydrogen) atoms. The van der Waals surface area contributed by atoms with Gasteiger partial charge in [-0.2, -0.15) is 0 Å². The topological polar surface area (TPSA) is 80.3 Å². The van der Waals surface area contributed by atoms with Crippen molar-refractivity contribution in [2.24, 2.45) is 0 Å². The minimum Gasteiger partial charge on any atom is -0.406 e. The molecule has 2 N–H and O–H groups in total. The highest BCUT2D eigenvalue weighted by Gasteiger charge is 2.31. The van der Waals surface area contributed by atoms with Gasteiger partial charge in [-0.15, -0.1) is 13.2 Å². The summed E-state index contributed by atoms with van der Waals surface area (Å²) in [6, 6.07) is 9.26. The van der Waals surface area contributed by atoms with Gasteiger partial charge in [-0.3, -0.25) is 14.6 Å². The molecule has 0 fully saturated rings. The first-order valence-electron chi connectivity index (χ1n) is 8.59. The Morgan fingerprint density at radius 2 is 1.75 bits per heavy atom. The van der Waals surface area contributed by atoms with Crippen LogP contribution in [0.1, 0.15) is 24.0 Å². The standard InChI is InChI=1S/C19H20F3N3O3/c20-19(21,22)28-16-6-2-1-5-15(16)7-8-17(26)24-11-9-18(27)25-13-14-4-3-10-23-12-14/h1-6,10,12H,7-9,11,13H2,(H,24,26)(H,25,27). The van der Waals surface area contributed by atoms with Crippen LogP contribution in [0.4, 0.5) is 13.2 Å². The number of halogens is 3. The lowest BCUT2D eigenvalue weighted by molar-refractivity contribution is -0.274. The molecule has 0 saturated carbocycles. The third-order valence-corrected chi connectivity index (χ3v) is 3.71. The number of carbonyl (C=O) groups is 2. The fourth-order valence-corrected chi connectivity index (χ4v) is 2.38. The molecule has 0 unspecified atom stereocenters. The predicted octanol–water partition coefficient (Wildman–Crippen LogP) is 2.74. The van der Waals surface area contributed by atoms with Gasteiger partial charge in [0.2, 0.25) is 11.8 Å². The Balaban J connectivity index is 1.68. The van der Waals surface area contributed by atoms with Gasteiger partial charge < -0.3 is 15.4 Å². The zero-order chi connectivity index (χ0) is 20.4. The van der Waals surface area contributed by atoms with Crippen molar-refractivity contribution in [1.29, 1.82) is 0 Å². The van der Waals surface area contributed by atoms with Crippen LogP contribution in [0.25, 0.3) is 0 Å². The number of aromatic nitrogens is 1. The lowest BCUT2D eigenvalue weighted by Crippen LogP contribution is -2.30. The third-order valence-electron chi connectivity index (χ3n) is 3.71. The molecule has 0 spiro atoms. The summed E-state index contributed by atoms with van der Waals surface area (Å²) in [7, 11) is 0. The maximum Gasteiger partial charge on any atom is 0.573 e. The minimum absolute atomic E-state index is 0.0183. The Bertz CT molecular complexity index is 783. The molecule has 2 aromatic rings. The van der Waals surface area contributed by atoms with Gasteiger partial charge in [0.05, 0.1) is 0 Å². The number of para-hydroxylation sites is 1. The lowest BCUT2D eigenvalue weighted by Gasteiger charge is -2.13. The predicted molar refractivity (Wildman–Crippen MR) is 95.2 cm³/mol. The summed E-state index contributed by atoms with van der Waals surface area (Å²) in [5, 5.41) is 5.28. The first kappa shape index (κ1) is 21.2. The molecule has 1 aromatic carbocycles. The van der Waals surface area contributed by atoms with Crippen molar-refractivity contribution < 1.29 is 27.5 Å². The maximum atomic E-state index is 12.4. The first-order chi connectivity index (χ1) is 13.3. The summed E-state index contributed by atoms with van der Waals surface area (Å²) in [6.45, 7) is 0.481. The van der Waals surface area contributed by atoms with Crippen molar-refractivity contribution in [3.05, 3.63) is 59.9 Å². The van der Waals surface area contributed by atoms with Gasteiger partial charge in [-0.25, -0.2) is 0 Å². The fraction of sp³-hybridized carbons (Fsp3) is 0.316. The zero-order valence-electron chi connectivity index (χ0n) is 15.0. The molecule has 2 rings (SSSR count). The van der Waals surface area contributed by atoms with Crippen molar-refractivity contribution in [1.82, 2.24) is 15.6 Å². The van der Waals surface area contributed by atoms with E-state index in [2.05, 4.69) is 20.4 Å². The van der Waals surface area contributed by atoms with E-state index in [0.29, 0.717) is 6.54 Å². The number of aryl methyl sites for hydroxylation is 1. The molecule has 0 atom stereocenters. The second-order valence-corrected chi connectivity index (χ2v) is 5.89. The zero-order valence-corrected chi connectivity index (χ0v) is 15.0. The number of nitrogens with zero attached hydrogens (tertiary/aromatic N) is 1. The molecule has 0 aliphatic rings. The summed E-state index contributed by atoms with van der Waals surface area (Å²) in [5.41, 5.74) is 1.14. The minimum atomic E-state index is -4.79. The fourth-order valence-electron chi connectivity index (χ4n) is 2.38. The van der Waals surface area contributed by atoms with Crippen LogP contribution in [-0.2, 0) is 22.6 Å². The van der Waals surface area contributed by atoms with Gasteiger partial charge in [0.25, 0.3) is 0 Å². The summed E-state index contributed by atoms with van der Waals surface area (Å²) in [5.74, 6) is -0.910. The van der Waals surface area contributed by atoms with Crippen LogP contribution < -0.4 is 15.4 Å². The van der Waals surface area contributed by atoms with Crippen molar-refractivity contribution in [2.75, 3.05) is 6.54 Å². The van der Waals surface area contributed by atoms with Crippen LogP contribution in [0.2, 0.25) is 0 Å². The van der Waals surface area contributed by atoms with E-state index >= 15 is 0 Å². The molecule has 1 aromatic heterocycles. The van der Waals surface area contributed by atoms with E-state index in [9.17, 15) is 22.8 Å². The number of hydrogen-bond acceptors (Lipinski definition) is 4. The Morgan fingerprint density at radius 3 is 2.46 bits per heavy atom. The monoisotopic (exact) mass is 395 g/mol. The summed E-state index contributed by atoms with van der Waals surface area (Å²) in [4.78, 5) is 27.5.